The van der Waals surface area contributed by atoms with Crippen molar-refractivity contribution in [2.75, 3.05) is 11.8 Å². The second kappa shape index (κ2) is 6.35. The molecular formula is C10H10Cl2N2O2. The summed E-state index contributed by atoms with van der Waals surface area (Å²) in [7, 11) is 0. The fourth-order valence-electron chi connectivity index (χ4n) is 0.937. The number of phenols is 1. The van der Waals surface area contributed by atoms with Crippen LogP contribution in [0.2, 0.25) is 0 Å². The summed E-state index contributed by atoms with van der Waals surface area (Å²) in [6, 6.07) is 5.94. The van der Waals surface area contributed by atoms with E-state index in [1.807, 2.05) is 0 Å². The van der Waals surface area contributed by atoms with Gasteiger partial charge >= 0.3 is 0 Å². The number of nitrogens with zero attached hydrogens (tertiary/aromatic N) is 1. The molecule has 0 aliphatic carbocycles. The fraction of sp³-hybridized carbons (Fsp3) is 0.200. The van der Waals surface area contributed by atoms with Crippen molar-refractivity contribution in [1.29, 1.82) is 0 Å². The molecule has 0 bridgehead atoms. The van der Waals surface area contributed by atoms with E-state index in [4.69, 9.17) is 23.2 Å². The number of hydrogen-bond donors (Lipinski definition) is 2. The molecule has 0 saturated carbocycles. The highest BCUT2D eigenvalue weighted by molar-refractivity contribution is 6.37. The molecule has 1 aromatic rings. The van der Waals surface area contributed by atoms with Crippen LogP contribution in [0.4, 0.5) is 0 Å². The Kier molecular flexibility index (Phi) is 5.08. The Morgan fingerprint density at radius 1 is 1.38 bits per heavy atom. The van der Waals surface area contributed by atoms with Gasteiger partial charge in [-0.05, 0) is 18.2 Å². The van der Waals surface area contributed by atoms with Crippen molar-refractivity contribution >= 4 is 34.8 Å². The van der Waals surface area contributed by atoms with Gasteiger partial charge in [0.1, 0.15) is 5.75 Å². The number of aromatic hydroxyl groups is 1. The quantitative estimate of drug-likeness (QED) is 0.494. The zero-order valence-corrected chi connectivity index (χ0v) is 9.79. The second-order valence-corrected chi connectivity index (χ2v) is 3.47. The van der Waals surface area contributed by atoms with E-state index in [1.54, 1.807) is 12.1 Å². The molecule has 16 heavy (non-hydrogen) atoms. The molecule has 0 spiro atoms. The molecule has 0 radical (unpaired) electrons. The van der Waals surface area contributed by atoms with Gasteiger partial charge in [-0.25, -0.2) is 5.43 Å². The second-order valence-electron chi connectivity index (χ2n) is 2.94. The SMILES string of the molecule is O=C(NN=C(CCl)CCl)c1cccc(O)c1. The van der Waals surface area contributed by atoms with Crippen LogP contribution in [0.5, 0.6) is 5.75 Å². The lowest BCUT2D eigenvalue weighted by atomic mass is 10.2. The van der Waals surface area contributed by atoms with Crippen LogP contribution >= 0.6 is 23.2 Å². The van der Waals surface area contributed by atoms with E-state index in [1.165, 1.54) is 12.1 Å². The van der Waals surface area contributed by atoms with Gasteiger partial charge in [0.15, 0.2) is 0 Å². The molecule has 0 aromatic heterocycles. The highest BCUT2D eigenvalue weighted by Crippen LogP contribution is 2.10. The monoisotopic (exact) mass is 260 g/mol. The molecule has 0 fully saturated rings. The van der Waals surface area contributed by atoms with Crippen molar-refractivity contribution in [1.82, 2.24) is 5.43 Å². The van der Waals surface area contributed by atoms with Crippen LogP contribution in [0.3, 0.4) is 0 Å². The number of carbonyl (C=O) groups excluding carboxylic acids is 1. The molecule has 0 unspecified atom stereocenters. The lowest BCUT2D eigenvalue weighted by molar-refractivity contribution is 0.0954. The van der Waals surface area contributed by atoms with Gasteiger partial charge < -0.3 is 5.11 Å². The predicted molar refractivity (Wildman–Crippen MR) is 64.4 cm³/mol. The van der Waals surface area contributed by atoms with Crippen LogP contribution in [-0.4, -0.2) is 28.5 Å². The van der Waals surface area contributed by atoms with Crippen LogP contribution in [0, 0.1) is 0 Å². The van der Waals surface area contributed by atoms with Gasteiger partial charge in [0.25, 0.3) is 5.91 Å². The molecule has 86 valence electrons. The lowest BCUT2D eigenvalue weighted by Crippen LogP contribution is -2.20. The maximum atomic E-state index is 11.5. The molecule has 2 N–H and O–H groups in total. The number of hydrogen-bond acceptors (Lipinski definition) is 3. The van der Waals surface area contributed by atoms with Crippen molar-refractivity contribution < 1.29 is 9.90 Å². The van der Waals surface area contributed by atoms with Gasteiger partial charge in [-0.3, -0.25) is 4.79 Å². The summed E-state index contributed by atoms with van der Waals surface area (Å²) in [5.41, 5.74) is 3.08. The lowest BCUT2D eigenvalue weighted by Gasteiger charge is -2.02. The molecule has 1 aromatic carbocycles. The Morgan fingerprint density at radius 3 is 2.62 bits per heavy atom. The molecule has 0 aliphatic rings. The Hall–Kier alpha value is -1.26. The van der Waals surface area contributed by atoms with Crippen molar-refractivity contribution in [3.63, 3.8) is 0 Å². The van der Waals surface area contributed by atoms with E-state index in [-0.39, 0.29) is 17.5 Å². The third-order valence-corrected chi connectivity index (χ3v) is 2.35. The van der Waals surface area contributed by atoms with E-state index >= 15 is 0 Å². The van der Waals surface area contributed by atoms with E-state index in [9.17, 15) is 9.90 Å². The number of benzene rings is 1. The largest absolute Gasteiger partial charge is 0.508 e. The number of phenolic OH excluding ortho intramolecular Hbond substituents is 1. The first kappa shape index (κ1) is 12.8. The van der Waals surface area contributed by atoms with Crippen LogP contribution in [-0.2, 0) is 0 Å². The number of halogens is 2. The summed E-state index contributed by atoms with van der Waals surface area (Å²) in [6.07, 6.45) is 0. The zero-order valence-electron chi connectivity index (χ0n) is 8.28. The maximum Gasteiger partial charge on any atom is 0.271 e. The highest BCUT2D eigenvalue weighted by atomic mass is 35.5. The zero-order chi connectivity index (χ0) is 12.0. The average molecular weight is 261 g/mol. The third-order valence-electron chi connectivity index (χ3n) is 1.73. The summed E-state index contributed by atoms with van der Waals surface area (Å²) in [6.45, 7) is 0. The van der Waals surface area contributed by atoms with Gasteiger partial charge in [-0.2, -0.15) is 5.10 Å². The van der Waals surface area contributed by atoms with Crippen LogP contribution in [0.15, 0.2) is 29.4 Å². The van der Waals surface area contributed by atoms with Crippen LogP contribution in [0.25, 0.3) is 0 Å². The first-order valence-corrected chi connectivity index (χ1v) is 5.51. The minimum atomic E-state index is -0.427. The smallest absolute Gasteiger partial charge is 0.271 e. The van der Waals surface area contributed by atoms with Crippen LogP contribution in [0.1, 0.15) is 10.4 Å². The minimum absolute atomic E-state index is 0.0199. The highest BCUT2D eigenvalue weighted by Gasteiger charge is 2.05. The summed E-state index contributed by atoms with van der Waals surface area (Å²) >= 11 is 11.0. The van der Waals surface area contributed by atoms with E-state index in [0.29, 0.717) is 11.3 Å². The van der Waals surface area contributed by atoms with Gasteiger partial charge in [-0.1, -0.05) is 6.07 Å². The summed E-state index contributed by atoms with van der Waals surface area (Å²) in [5.74, 6) is -0.0941. The summed E-state index contributed by atoms with van der Waals surface area (Å²) in [4.78, 5) is 11.5. The van der Waals surface area contributed by atoms with Crippen molar-refractivity contribution in [3.8, 4) is 5.75 Å². The number of amides is 1. The number of hydrazone groups is 1. The minimum Gasteiger partial charge on any atom is -0.508 e. The molecule has 0 aliphatic heterocycles. The predicted octanol–water partition coefficient (Wildman–Crippen LogP) is 1.96. The molecule has 0 heterocycles. The fourth-order valence-corrected chi connectivity index (χ4v) is 1.34. The summed E-state index contributed by atoms with van der Waals surface area (Å²) < 4.78 is 0. The number of carbonyl (C=O) groups is 1. The van der Waals surface area contributed by atoms with Gasteiger partial charge in [-0.15, -0.1) is 23.2 Å². The summed E-state index contributed by atoms with van der Waals surface area (Å²) in [5, 5.41) is 12.9. The van der Waals surface area contributed by atoms with Crippen molar-refractivity contribution in [2.45, 2.75) is 0 Å². The molecule has 6 heteroatoms. The number of nitrogens with one attached hydrogen (secondary N) is 1. The number of rotatable bonds is 4. The third kappa shape index (κ3) is 3.72. The maximum absolute atomic E-state index is 11.5. The number of alkyl halides is 2. The van der Waals surface area contributed by atoms with E-state index < -0.39 is 5.91 Å². The molecule has 1 rings (SSSR count). The molecule has 4 nitrogen and oxygen atoms in total. The van der Waals surface area contributed by atoms with E-state index in [2.05, 4.69) is 10.5 Å². The molecular weight excluding hydrogens is 251 g/mol. The van der Waals surface area contributed by atoms with Gasteiger partial charge in [0.2, 0.25) is 0 Å². The topological polar surface area (TPSA) is 61.7 Å². The normalized spacial score (nSPS) is 9.62. The Morgan fingerprint density at radius 2 is 2.06 bits per heavy atom. The first-order valence-electron chi connectivity index (χ1n) is 4.44. The van der Waals surface area contributed by atoms with E-state index in [0.717, 1.165) is 0 Å². The van der Waals surface area contributed by atoms with Gasteiger partial charge in [0.05, 0.1) is 17.5 Å². The standard InChI is InChI=1S/C10H10Cl2N2O2/c11-5-8(6-12)13-14-10(16)7-2-1-3-9(15)4-7/h1-4,15H,5-6H2,(H,14,16). The Balaban J connectivity index is 2.69. The van der Waals surface area contributed by atoms with Crippen molar-refractivity contribution in [3.05, 3.63) is 29.8 Å². The molecule has 0 atom stereocenters. The van der Waals surface area contributed by atoms with Crippen molar-refractivity contribution in [2.24, 2.45) is 5.10 Å². The molecule has 1 amide bonds. The Labute approximate surface area is 103 Å². The van der Waals surface area contributed by atoms with Gasteiger partial charge in [0, 0.05) is 5.56 Å². The van der Waals surface area contributed by atoms with Crippen LogP contribution < -0.4 is 5.43 Å². The molecule has 0 saturated heterocycles. The Bertz CT molecular complexity index is 402. The first-order chi connectivity index (χ1) is 7.67. The average Bonchev–Trinajstić information content (AvgIpc) is 2.30.